The zero-order valence-electron chi connectivity index (χ0n) is 13.7. The van der Waals surface area contributed by atoms with Crippen LogP contribution in [0.5, 0.6) is 0 Å². The highest BCUT2D eigenvalue weighted by molar-refractivity contribution is 5.75. The molecule has 0 spiro atoms. The lowest BCUT2D eigenvalue weighted by Gasteiger charge is -2.54. The van der Waals surface area contributed by atoms with Crippen molar-refractivity contribution >= 4 is 6.03 Å². The second-order valence-corrected chi connectivity index (χ2v) is 8.35. The average Bonchev–Trinajstić information content (AvgIpc) is 2.57. The Morgan fingerprint density at radius 2 is 1.61 bits per heavy atom. The Hall–Kier alpha value is -1.51. The number of rotatable bonds is 1. The maximum atomic E-state index is 12.8. The molecule has 122 valence electrons. The molecule has 2 amide bonds. The lowest BCUT2D eigenvalue weighted by atomic mass is 9.54. The summed E-state index contributed by atoms with van der Waals surface area (Å²) in [4.78, 5) is 14.8. The molecular weight excluding hydrogens is 284 g/mol. The smallest absolute Gasteiger partial charge is 0.317 e. The summed E-state index contributed by atoms with van der Waals surface area (Å²) in [6.07, 6.45) is 7.91. The third-order valence-corrected chi connectivity index (χ3v) is 6.93. The SMILES string of the molecule is O=C(NC1C2CC3CC(C2)CC1C3)N1CCc2ccccc2C1. The zero-order valence-corrected chi connectivity index (χ0v) is 13.7. The first-order valence-electron chi connectivity index (χ1n) is 9.38. The molecule has 5 aliphatic rings. The van der Waals surface area contributed by atoms with Crippen LogP contribution in [0, 0.1) is 23.7 Å². The Kier molecular flexibility index (Phi) is 3.17. The van der Waals surface area contributed by atoms with Gasteiger partial charge in [0.1, 0.15) is 0 Å². The van der Waals surface area contributed by atoms with E-state index in [2.05, 4.69) is 29.6 Å². The van der Waals surface area contributed by atoms with Crippen LogP contribution in [0.2, 0.25) is 0 Å². The zero-order chi connectivity index (χ0) is 15.4. The minimum atomic E-state index is 0.178. The Labute approximate surface area is 138 Å². The van der Waals surface area contributed by atoms with E-state index in [1.165, 1.54) is 43.2 Å². The summed E-state index contributed by atoms with van der Waals surface area (Å²) in [5.74, 6) is 3.44. The second kappa shape index (κ2) is 5.25. The molecule has 4 aliphatic carbocycles. The van der Waals surface area contributed by atoms with E-state index in [-0.39, 0.29) is 6.03 Å². The van der Waals surface area contributed by atoms with Gasteiger partial charge < -0.3 is 10.2 Å². The van der Waals surface area contributed by atoms with Gasteiger partial charge >= 0.3 is 6.03 Å². The van der Waals surface area contributed by atoms with Crippen LogP contribution in [0.25, 0.3) is 0 Å². The van der Waals surface area contributed by atoms with Crippen molar-refractivity contribution in [1.29, 1.82) is 0 Å². The highest BCUT2D eigenvalue weighted by atomic mass is 16.2. The van der Waals surface area contributed by atoms with Gasteiger partial charge in [0.15, 0.2) is 0 Å². The Morgan fingerprint density at radius 1 is 0.957 bits per heavy atom. The van der Waals surface area contributed by atoms with Crippen molar-refractivity contribution < 1.29 is 4.79 Å². The normalized spacial score (nSPS) is 37.6. The van der Waals surface area contributed by atoms with Crippen LogP contribution in [0.15, 0.2) is 24.3 Å². The Balaban J connectivity index is 1.28. The molecule has 3 nitrogen and oxygen atoms in total. The third-order valence-electron chi connectivity index (χ3n) is 6.93. The number of carbonyl (C=O) groups is 1. The van der Waals surface area contributed by atoms with Gasteiger partial charge in [0, 0.05) is 19.1 Å². The van der Waals surface area contributed by atoms with Crippen molar-refractivity contribution in [2.24, 2.45) is 23.7 Å². The predicted octanol–water partition coefficient (Wildman–Crippen LogP) is 3.58. The molecule has 0 aromatic heterocycles. The summed E-state index contributed by atoms with van der Waals surface area (Å²) in [6.45, 7) is 1.63. The van der Waals surface area contributed by atoms with Gasteiger partial charge in [-0.2, -0.15) is 0 Å². The van der Waals surface area contributed by atoms with Crippen LogP contribution < -0.4 is 5.32 Å². The van der Waals surface area contributed by atoms with Gasteiger partial charge in [-0.3, -0.25) is 0 Å². The number of urea groups is 1. The van der Waals surface area contributed by atoms with E-state index >= 15 is 0 Å². The number of hydrogen-bond donors (Lipinski definition) is 1. The number of hydrogen-bond acceptors (Lipinski definition) is 1. The first-order chi connectivity index (χ1) is 11.3. The van der Waals surface area contributed by atoms with Crippen molar-refractivity contribution in [1.82, 2.24) is 10.2 Å². The largest absolute Gasteiger partial charge is 0.335 e. The topological polar surface area (TPSA) is 32.3 Å². The minimum Gasteiger partial charge on any atom is -0.335 e. The van der Waals surface area contributed by atoms with E-state index in [0.29, 0.717) is 6.04 Å². The molecule has 1 aromatic rings. The van der Waals surface area contributed by atoms with Gasteiger partial charge in [0.25, 0.3) is 0 Å². The minimum absolute atomic E-state index is 0.178. The summed E-state index contributed by atoms with van der Waals surface area (Å²) in [5, 5.41) is 3.45. The molecule has 0 radical (unpaired) electrons. The number of nitrogens with one attached hydrogen (secondary N) is 1. The van der Waals surface area contributed by atoms with Gasteiger partial charge in [-0.05, 0) is 73.3 Å². The van der Waals surface area contributed by atoms with E-state index in [1.54, 1.807) is 0 Å². The lowest BCUT2D eigenvalue weighted by molar-refractivity contribution is -0.0112. The first kappa shape index (κ1) is 13.9. The maximum Gasteiger partial charge on any atom is 0.317 e. The van der Waals surface area contributed by atoms with Crippen molar-refractivity contribution in [3.63, 3.8) is 0 Å². The Morgan fingerprint density at radius 3 is 2.30 bits per heavy atom. The van der Waals surface area contributed by atoms with Gasteiger partial charge in [-0.1, -0.05) is 24.3 Å². The number of amides is 2. The monoisotopic (exact) mass is 310 g/mol. The van der Waals surface area contributed by atoms with Crippen LogP contribution in [-0.2, 0) is 13.0 Å². The molecule has 6 rings (SSSR count). The van der Waals surface area contributed by atoms with E-state index in [1.807, 2.05) is 4.90 Å². The van der Waals surface area contributed by atoms with Crippen LogP contribution in [0.1, 0.15) is 43.2 Å². The number of benzene rings is 1. The van der Waals surface area contributed by atoms with Gasteiger partial charge in [0.2, 0.25) is 0 Å². The van der Waals surface area contributed by atoms with Crippen molar-refractivity contribution in [3.8, 4) is 0 Å². The molecular formula is C20H26N2O. The fourth-order valence-corrected chi connectivity index (χ4v) is 6.06. The van der Waals surface area contributed by atoms with Gasteiger partial charge in [-0.15, -0.1) is 0 Å². The molecule has 0 saturated heterocycles. The maximum absolute atomic E-state index is 12.8. The molecule has 0 unspecified atom stereocenters. The number of nitrogens with zero attached hydrogens (tertiary/aromatic N) is 1. The van der Waals surface area contributed by atoms with E-state index < -0.39 is 0 Å². The second-order valence-electron chi connectivity index (χ2n) is 8.35. The quantitative estimate of drug-likeness (QED) is 0.845. The number of carbonyl (C=O) groups excluding carboxylic acids is 1. The fraction of sp³-hybridized carbons (Fsp3) is 0.650. The lowest BCUT2D eigenvalue weighted by Crippen LogP contribution is -2.58. The van der Waals surface area contributed by atoms with E-state index in [4.69, 9.17) is 0 Å². The summed E-state index contributed by atoms with van der Waals surface area (Å²) >= 11 is 0. The molecule has 1 N–H and O–H groups in total. The Bertz CT molecular complexity index is 598. The van der Waals surface area contributed by atoms with Crippen LogP contribution in [-0.4, -0.2) is 23.5 Å². The van der Waals surface area contributed by atoms with Crippen molar-refractivity contribution in [3.05, 3.63) is 35.4 Å². The predicted molar refractivity (Wildman–Crippen MR) is 89.9 cm³/mol. The van der Waals surface area contributed by atoms with Crippen LogP contribution >= 0.6 is 0 Å². The summed E-state index contributed by atoms with van der Waals surface area (Å²) in [6, 6.07) is 9.17. The third kappa shape index (κ3) is 2.36. The summed E-state index contributed by atoms with van der Waals surface area (Å²) < 4.78 is 0. The van der Waals surface area contributed by atoms with Crippen LogP contribution in [0.4, 0.5) is 4.79 Å². The highest BCUT2D eigenvalue weighted by Crippen LogP contribution is 2.53. The molecule has 3 heteroatoms. The van der Waals surface area contributed by atoms with Gasteiger partial charge in [-0.25, -0.2) is 4.79 Å². The van der Waals surface area contributed by atoms with E-state index in [9.17, 15) is 4.79 Å². The molecule has 1 aliphatic heterocycles. The molecule has 1 aromatic carbocycles. The molecule has 0 atom stereocenters. The van der Waals surface area contributed by atoms with E-state index in [0.717, 1.165) is 43.2 Å². The van der Waals surface area contributed by atoms with Crippen molar-refractivity contribution in [2.75, 3.05) is 6.54 Å². The standard InChI is InChI=1S/C20H26N2O/c23-20(22-6-5-15-3-1-2-4-16(15)12-22)21-19-17-8-13-7-14(10-17)11-18(19)9-13/h1-4,13-14,17-19H,5-12H2,(H,21,23). The molecule has 4 bridgehead atoms. The molecule has 1 heterocycles. The van der Waals surface area contributed by atoms with Crippen molar-refractivity contribution in [2.45, 2.75) is 51.1 Å². The molecule has 4 fully saturated rings. The molecule has 4 saturated carbocycles. The van der Waals surface area contributed by atoms with Gasteiger partial charge in [0.05, 0.1) is 0 Å². The first-order valence-corrected chi connectivity index (χ1v) is 9.38. The summed E-state index contributed by atoms with van der Waals surface area (Å²) in [7, 11) is 0. The number of fused-ring (bicyclic) bond motifs is 1. The molecule has 23 heavy (non-hydrogen) atoms. The summed E-state index contributed by atoms with van der Waals surface area (Å²) in [5.41, 5.74) is 2.73. The average molecular weight is 310 g/mol. The fourth-order valence-electron chi connectivity index (χ4n) is 6.06. The van der Waals surface area contributed by atoms with Crippen LogP contribution in [0.3, 0.4) is 0 Å². The highest BCUT2D eigenvalue weighted by Gasteiger charge is 2.48.